The second-order valence-electron chi connectivity index (χ2n) is 9.24. The second-order valence-corrected chi connectivity index (χ2v) is 11.4. The smallest absolute Gasteiger partial charge is 0.271 e. The number of carbonyl (C=O) groups excluding carboxylic acids is 1. The minimum absolute atomic E-state index is 0.0144. The zero-order chi connectivity index (χ0) is 23.7. The average molecular weight is 483 g/mol. The maximum atomic E-state index is 13.3. The topological polar surface area (TPSA) is 102 Å². The quantitative estimate of drug-likeness (QED) is 0.649. The summed E-state index contributed by atoms with van der Waals surface area (Å²) >= 11 is 5.91. The molecule has 1 aromatic carbocycles. The highest BCUT2D eigenvalue weighted by atomic mass is 35.5. The first-order valence-electron chi connectivity index (χ1n) is 10.6. The van der Waals surface area contributed by atoms with Crippen molar-refractivity contribution in [3.8, 4) is 0 Å². The molecule has 10 heteroatoms. The van der Waals surface area contributed by atoms with E-state index in [1.165, 1.54) is 28.9 Å². The first-order chi connectivity index (χ1) is 14.9. The van der Waals surface area contributed by atoms with Gasteiger partial charge in [-0.25, -0.2) is 8.42 Å². The van der Waals surface area contributed by atoms with E-state index in [-0.39, 0.29) is 39.6 Å². The third-order valence-electron chi connectivity index (χ3n) is 5.90. The molecular formula is C22H31ClN4O4S. The first kappa shape index (κ1) is 24.5. The number of aromatic nitrogens is 2. The molecule has 8 nitrogen and oxygen atoms in total. The highest BCUT2D eigenvalue weighted by Crippen LogP contribution is 2.35. The number of rotatable bonds is 6. The van der Waals surface area contributed by atoms with E-state index in [0.29, 0.717) is 36.8 Å². The van der Waals surface area contributed by atoms with E-state index in [2.05, 4.69) is 15.1 Å². The summed E-state index contributed by atoms with van der Waals surface area (Å²) in [6, 6.07) is 5.74. The largest absolute Gasteiger partial charge is 0.381 e. The highest BCUT2D eigenvalue weighted by molar-refractivity contribution is 7.92. The number of amides is 1. The fourth-order valence-corrected chi connectivity index (χ4v) is 4.66. The van der Waals surface area contributed by atoms with Crippen molar-refractivity contribution in [2.45, 2.75) is 57.4 Å². The summed E-state index contributed by atoms with van der Waals surface area (Å²) in [7, 11) is -2.31. The van der Waals surface area contributed by atoms with Gasteiger partial charge in [-0.3, -0.25) is 14.2 Å². The molecule has 2 aromatic rings. The standard InChI is InChI=1S/C22H31ClN4O4S/c1-14(22(2,3)4)24-21(28)20-19(18(25-27(20)5)15-10-12-31-13-11-15)26-32(29,30)17-8-6-16(23)7-9-17/h6-9,14-15,26H,10-13H2,1-5H3,(H,24,28)/t14-/m0/s1. The van der Waals surface area contributed by atoms with Crippen molar-refractivity contribution in [3.05, 3.63) is 40.7 Å². The second kappa shape index (κ2) is 9.41. The number of nitrogens with one attached hydrogen (secondary N) is 2. The number of halogens is 1. The van der Waals surface area contributed by atoms with E-state index in [9.17, 15) is 13.2 Å². The van der Waals surface area contributed by atoms with Gasteiger partial charge >= 0.3 is 0 Å². The predicted molar refractivity (Wildman–Crippen MR) is 125 cm³/mol. The van der Waals surface area contributed by atoms with Crippen molar-refractivity contribution < 1.29 is 17.9 Å². The van der Waals surface area contributed by atoms with Crippen LogP contribution in [0.5, 0.6) is 0 Å². The molecule has 2 heterocycles. The fourth-order valence-electron chi connectivity index (χ4n) is 3.45. The van der Waals surface area contributed by atoms with Crippen molar-refractivity contribution >= 4 is 33.2 Å². The number of anilines is 1. The van der Waals surface area contributed by atoms with Gasteiger partial charge in [-0.05, 0) is 49.4 Å². The lowest BCUT2D eigenvalue weighted by Gasteiger charge is -2.28. The van der Waals surface area contributed by atoms with Crippen LogP contribution in [0.1, 0.15) is 62.6 Å². The highest BCUT2D eigenvalue weighted by Gasteiger charge is 2.32. The van der Waals surface area contributed by atoms with Crippen LogP contribution < -0.4 is 10.0 Å². The Balaban J connectivity index is 2.04. The van der Waals surface area contributed by atoms with Gasteiger partial charge < -0.3 is 10.1 Å². The molecule has 3 rings (SSSR count). The van der Waals surface area contributed by atoms with Gasteiger partial charge in [0.1, 0.15) is 11.4 Å². The molecule has 0 spiro atoms. The van der Waals surface area contributed by atoms with Gasteiger partial charge in [0.05, 0.1) is 10.6 Å². The van der Waals surface area contributed by atoms with Crippen LogP contribution in [-0.2, 0) is 21.8 Å². The lowest BCUT2D eigenvalue weighted by atomic mass is 9.88. The maximum Gasteiger partial charge on any atom is 0.271 e. The molecule has 0 radical (unpaired) electrons. The van der Waals surface area contributed by atoms with Gasteiger partial charge in [-0.1, -0.05) is 32.4 Å². The van der Waals surface area contributed by atoms with Crippen LogP contribution in [0.3, 0.4) is 0 Å². The molecule has 0 unspecified atom stereocenters. The maximum absolute atomic E-state index is 13.3. The third-order valence-corrected chi connectivity index (χ3v) is 7.52. The van der Waals surface area contributed by atoms with Gasteiger partial charge in [0.2, 0.25) is 0 Å². The molecule has 2 N–H and O–H groups in total. The molecule has 0 saturated carbocycles. The monoisotopic (exact) mass is 482 g/mol. The Morgan fingerprint density at radius 3 is 2.38 bits per heavy atom. The Kier molecular flexibility index (Phi) is 7.21. The Labute approximate surface area is 194 Å². The Hall–Kier alpha value is -2.10. The number of hydrogen-bond donors (Lipinski definition) is 2. The lowest BCUT2D eigenvalue weighted by molar-refractivity contribution is 0.0845. The van der Waals surface area contributed by atoms with E-state index >= 15 is 0 Å². The summed E-state index contributed by atoms with van der Waals surface area (Å²) < 4.78 is 35.9. The number of carbonyl (C=O) groups is 1. The minimum Gasteiger partial charge on any atom is -0.381 e. The van der Waals surface area contributed by atoms with Crippen LogP contribution in [0, 0.1) is 5.41 Å². The molecule has 1 amide bonds. The fraction of sp³-hybridized carbons (Fsp3) is 0.545. The van der Waals surface area contributed by atoms with E-state index in [1.54, 1.807) is 7.05 Å². The summed E-state index contributed by atoms with van der Waals surface area (Å²) in [5, 5.41) is 7.99. The molecule has 176 valence electrons. The summed E-state index contributed by atoms with van der Waals surface area (Å²) in [5.41, 5.74) is 0.788. The van der Waals surface area contributed by atoms with E-state index in [1.807, 2.05) is 27.7 Å². The molecule has 1 atom stereocenters. The molecule has 1 saturated heterocycles. The molecule has 1 fully saturated rings. The van der Waals surface area contributed by atoms with Gasteiger partial charge in [0, 0.05) is 37.2 Å². The Morgan fingerprint density at radius 1 is 1.22 bits per heavy atom. The molecule has 1 aliphatic heterocycles. The Bertz CT molecular complexity index is 1070. The number of ether oxygens (including phenoxy) is 1. The van der Waals surface area contributed by atoms with Gasteiger partial charge in [-0.2, -0.15) is 5.10 Å². The summed E-state index contributed by atoms with van der Waals surface area (Å²) in [5.74, 6) is -0.394. The molecule has 0 bridgehead atoms. The van der Waals surface area contributed by atoms with E-state index in [4.69, 9.17) is 16.3 Å². The van der Waals surface area contributed by atoms with Crippen molar-refractivity contribution in [2.75, 3.05) is 17.9 Å². The predicted octanol–water partition coefficient (Wildman–Crippen LogP) is 3.93. The molecule has 0 aliphatic carbocycles. The van der Waals surface area contributed by atoms with E-state index < -0.39 is 10.0 Å². The summed E-state index contributed by atoms with van der Waals surface area (Å²) in [4.78, 5) is 13.3. The molecule has 32 heavy (non-hydrogen) atoms. The van der Waals surface area contributed by atoms with Gasteiger partial charge in [-0.15, -0.1) is 0 Å². The number of benzene rings is 1. The normalized spacial score (nSPS) is 16.6. The van der Waals surface area contributed by atoms with Crippen molar-refractivity contribution in [3.63, 3.8) is 0 Å². The average Bonchev–Trinajstić information content (AvgIpc) is 3.03. The molecule has 1 aromatic heterocycles. The number of nitrogens with zero attached hydrogens (tertiary/aromatic N) is 2. The van der Waals surface area contributed by atoms with Crippen LogP contribution in [0.25, 0.3) is 0 Å². The molecule has 1 aliphatic rings. The van der Waals surface area contributed by atoms with Crippen molar-refractivity contribution in [1.82, 2.24) is 15.1 Å². The summed E-state index contributed by atoms with van der Waals surface area (Å²) in [6.07, 6.45) is 1.40. The SMILES string of the molecule is C[C@H](NC(=O)c1c(NS(=O)(=O)c2ccc(Cl)cc2)c(C2CCOCC2)nn1C)C(C)(C)C. The molecular weight excluding hydrogens is 452 g/mol. The first-order valence-corrected chi connectivity index (χ1v) is 12.5. The Morgan fingerprint density at radius 2 is 1.81 bits per heavy atom. The number of sulfonamides is 1. The zero-order valence-corrected chi connectivity index (χ0v) is 20.7. The van der Waals surface area contributed by atoms with Crippen LogP contribution >= 0.6 is 11.6 Å². The van der Waals surface area contributed by atoms with Crippen LogP contribution in [0.15, 0.2) is 29.2 Å². The van der Waals surface area contributed by atoms with Gasteiger partial charge in [0.25, 0.3) is 15.9 Å². The van der Waals surface area contributed by atoms with Crippen LogP contribution in [-0.4, -0.2) is 43.4 Å². The van der Waals surface area contributed by atoms with Crippen LogP contribution in [0.2, 0.25) is 5.02 Å². The number of aryl methyl sites for hydroxylation is 1. The van der Waals surface area contributed by atoms with Crippen LogP contribution in [0.4, 0.5) is 5.69 Å². The third kappa shape index (κ3) is 5.44. The number of hydrogen-bond acceptors (Lipinski definition) is 5. The van der Waals surface area contributed by atoms with E-state index in [0.717, 1.165) is 0 Å². The van der Waals surface area contributed by atoms with Crippen molar-refractivity contribution in [1.29, 1.82) is 0 Å². The minimum atomic E-state index is -3.96. The lowest BCUT2D eigenvalue weighted by Crippen LogP contribution is -2.42. The van der Waals surface area contributed by atoms with Crippen molar-refractivity contribution in [2.24, 2.45) is 12.5 Å². The zero-order valence-electron chi connectivity index (χ0n) is 19.1. The van der Waals surface area contributed by atoms with Gasteiger partial charge in [0.15, 0.2) is 0 Å². The summed E-state index contributed by atoms with van der Waals surface area (Å²) in [6.45, 7) is 9.13.